The maximum Gasteiger partial charge on any atom is 0.408 e. The maximum absolute atomic E-state index is 15.0. The molecule has 3 amide bonds. The molecule has 1 atom stereocenters. The first kappa shape index (κ1) is 30.9. The van der Waals surface area contributed by atoms with E-state index in [4.69, 9.17) is 4.74 Å². The average Bonchev–Trinajstić information content (AvgIpc) is 2.89. The monoisotopic (exact) mass is 587 g/mol. The van der Waals surface area contributed by atoms with Gasteiger partial charge in [0.25, 0.3) is 11.8 Å². The van der Waals surface area contributed by atoms with E-state index in [1.807, 2.05) is 0 Å². The van der Waals surface area contributed by atoms with Gasteiger partial charge in [-0.05, 0) is 44.9 Å². The average molecular weight is 588 g/mol. The fraction of sp³-hybridized carbons (Fsp3) is 0.423. The van der Waals surface area contributed by atoms with Crippen LogP contribution in [0.1, 0.15) is 49.5 Å². The summed E-state index contributed by atoms with van der Waals surface area (Å²) in [4.78, 5) is 39.2. The minimum absolute atomic E-state index is 0.201. The molecule has 14 heteroatoms. The molecule has 0 spiro atoms. The van der Waals surface area contributed by atoms with Crippen molar-refractivity contribution >= 4 is 33.4 Å². The van der Waals surface area contributed by atoms with Gasteiger partial charge in [0.15, 0.2) is 9.84 Å². The van der Waals surface area contributed by atoms with E-state index in [9.17, 15) is 36.0 Å². The lowest BCUT2D eigenvalue weighted by Gasteiger charge is -2.27. The van der Waals surface area contributed by atoms with Crippen molar-refractivity contribution in [1.82, 2.24) is 10.6 Å². The molecule has 0 saturated heterocycles. The Bertz CT molecular complexity index is 1380. The van der Waals surface area contributed by atoms with Gasteiger partial charge in [-0.3, -0.25) is 9.59 Å². The minimum Gasteiger partial charge on any atom is -0.444 e. The van der Waals surface area contributed by atoms with Crippen LogP contribution >= 0.6 is 0 Å². The second-order valence-corrected chi connectivity index (χ2v) is 12.2. The number of nitrogens with zero attached hydrogens (tertiary/aromatic N) is 1. The molecule has 0 saturated carbocycles. The molecule has 0 aromatic heterocycles. The van der Waals surface area contributed by atoms with Crippen molar-refractivity contribution in [3.8, 4) is 0 Å². The summed E-state index contributed by atoms with van der Waals surface area (Å²) in [7, 11) is -4.41. The minimum atomic E-state index is -4.43. The smallest absolute Gasteiger partial charge is 0.408 e. The van der Waals surface area contributed by atoms with E-state index in [1.165, 1.54) is 0 Å². The Kier molecular flexibility index (Phi) is 9.12. The number of carbonyl (C=O) groups excluding carboxylic acids is 3. The Morgan fingerprint density at radius 3 is 2.35 bits per heavy atom. The molecule has 2 N–H and O–H groups in total. The van der Waals surface area contributed by atoms with Crippen molar-refractivity contribution < 1.29 is 45.1 Å². The number of rotatable bonds is 7. The van der Waals surface area contributed by atoms with E-state index < -0.39 is 87.0 Å². The molecule has 9 nitrogen and oxygen atoms in total. The predicted molar refractivity (Wildman–Crippen MR) is 137 cm³/mol. The van der Waals surface area contributed by atoms with Crippen LogP contribution in [-0.2, 0) is 25.9 Å². The molecule has 2 aromatic carbocycles. The number of nitrogens with one attached hydrogen (secondary N) is 2. The van der Waals surface area contributed by atoms with Crippen molar-refractivity contribution in [2.75, 3.05) is 17.2 Å². The number of ether oxygens (including phenoxy) is 1. The highest BCUT2D eigenvalue weighted by molar-refractivity contribution is 7.91. The summed E-state index contributed by atoms with van der Waals surface area (Å²) in [6, 6.07) is 8.23. The molecule has 2 aromatic rings. The topological polar surface area (TPSA) is 122 Å². The lowest BCUT2D eigenvalue weighted by Crippen LogP contribution is -2.51. The number of hydrogen-bond acceptors (Lipinski definition) is 6. The highest BCUT2D eigenvalue weighted by Crippen LogP contribution is 2.34. The van der Waals surface area contributed by atoms with Crippen LogP contribution < -0.4 is 15.5 Å². The molecule has 218 valence electrons. The first-order valence-corrected chi connectivity index (χ1v) is 13.9. The number of amides is 3. The number of hydrogen-bond donors (Lipinski definition) is 2. The van der Waals surface area contributed by atoms with Crippen LogP contribution in [0.25, 0.3) is 0 Å². The third-order valence-electron chi connectivity index (χ3n) is 5.67. The predicted octanol–water partition coefficient (Wildman–Crippen LogP) is 4.11. The molecule has 0 bridgehead atoms. The Hall–Kier alpha value is -3.68. The first-order valence-electron chi connectivity index (χ1n) is 12.2. The summed E-state index contributed by atoms with van der Waals surface area (Å²) in [6.45, 7) is 4.12. The van der Waals surface area contributed by atoms with Gasteiger partial charge in [-0.25, -0.2) is 17.6 Å². The summed E-state index contributed by atoms with van der Waals surface area (Å²) in [5.74, 6) is -4.10. The van der Waals surface area contributed by atoms with Crippen LogP contribution in [-0.4, -0.2) is 56.4 Å². The molecular formula is C26H29F4N3O6S. The highest BCUT2D eigenvalue weighted by Gasteiger charge is 2.40. The summed E-state index contributed by atoms with van der Waals surface area (Å²) < 4.78 is 84.1. The molecule has 0 unspecified atom stereocenters. The SMILES string of the molecule is CC(C)(C)OC(=O)N[C@H]1CS(=O)(=O)c2cc(F)c(C(=O)NCCCC(F)(F)F)cc2N(Cc2ccccc2)C1=O. The fourth-order valence-electron chi connectivity index (χ4n) is 3.93. The Labute approximate surface area is 228 Å². The van der Waals surface area contributed by atoms with Crippen molar-refractivity contribution in [3.05, 3.63) is 59.4 Å². The Morgan fingerprint density at radius 1 is 1.10 bits per heavy atom. The van der Waals surface area contributed by atoms with Crippen LogP contribution in [0.5, 0.6) is 0 Å². The van der Waals surface area contributed by atoms with E-state index in [0.717, 1.165) is 11.0 Å². The van der Waals surface area contributed by atoms with Gasteiger partial charge >= 0.3 is 12.3 Å². The Morgan fingerprint density at radius 2 is 1.75 bits per heavy atom. The van der Waals surface area contributed by atoms with E-state index in [2.05, 4.69) is 10.6 Å². The van der Waals surface area contributed by atoms with E-state index in [1.54, 1.807) is 51.1 Å². The zero-order chi connectivity index (χ0) is 29.9. The van der Waals surface area contributed by atoms with E-state index in [0.29, 0.717) is 11.6 Å². The van der Waals surface area contributed by atoms with Gasteiger partial charge in [0, 0.05) is 13.0 Å². The number of carbonyl (C=O) groups is 3. The summed E-state index contributed by atoms with van der Waals surface area (Å²) in [6.07, 6.45) is -7.09. The van der Waals surface area contributed by atoms with Gasteiger partial charge in [-0.15, -0.1) is 0 Å². The standard InChI is InChI=1S/C26H29F4N3O6S/c1-25(2,3)39-24(36)32-19-15-40(37,38)21-13-18(27)17(22(34)31-11-7-10-26(28,29)30)12-20(21)33(23(19)35)14-16-8-5-4-6-9-16/h4-6,8-9,12-13,19H,7,10-11,14-15H2,1-3H3,(H,31,34)(H,32,36)/t19-/m0/s1. The van der Waals surface area contributed by atoms with Crippen LogP contribution in [0, 0.1) is 5.82 Å². The van der Waals surface area contributed by atoms with E-state index >= 15 is 4.39 Å². The lowest BCUT2D eigenvalue weighted by atomic mass is 10.1. The van der Waals surface area contributed by atoms with Crippen molar-refractivity contribution in [2.24, 2.45) is 0 Å². The normalized spacial score (nSPS) is 17.0. The molecule has 0 aliphatic carbocycles. The van der Waals surface area contributed by atoms with Gasteiger partial charge < -0.3 is 20.3 Å². The Balaban J connectivity index is 2.02. The number of sulfone groups is 1. The quantitative estimate of drug-likeness (QED) is 0.372. The number of alkyl carbamates (subject to hydrolysis) is 1. The number of benzene rings is 2. The summed E-state index contributed by atoms with van der Waals surface area (Å²) >= 11 is 0. The summed E-state index contributed by atoms with van der Waals surface area (Å²) in [5.41, 5.74) is -1.37. The highest BCUT2D eigenvalue weighted by atomic mass is 32.2. The first-order chi connectivity index (χ1) is 18.5. The molecule has 1 aliphatic heterocycles. The van der Waals surface area contributed by atoms with Gasteiger partial charge in [0.1, 0.15) is 17.5 Å². The molecular weight excluding hydrogens is 558 g/mol. The number of halogens is 4. The molecule has 3 rings (SSSR count). The second kappa shape index (κ2) is 11.8. The summed E-state index contributed by atoms with van der Waals surface area (Å²) in [5, 5.41) is 4.46. The number of alkyl halides is 3. The zero-order valence-corrected chi connectivity index (χ0v) is 22.8. The van der Waals surface area contributed by atoms with Crippen molar-refractivity contribution in [2.45, 2.75) is 62.9 Å². The number of fused-ring (bicyclic) bond motifs is 1. The van der Waals surface area contributed by atoms with Crippen molar-refractivity contribution in [1.29, 1.82) is 0 Å². The molecule has 0 fully saturated rings. The van der Waals surface area contributed by atoms with Gasteiger partial charge in [-0.2, -0.15) is 13.2 Å². The van der Waals surface area contributed by atoms with Crippen LogP contribution in [0.2, 0.25) is 0 Å². The van der Waals surface area contributed by atoms with Crippen LogP contribution in [0.4, 0.5) is 28.0 Å². The van der Waals surface area contributed by atoms with Crippen LogP contribution in [0.15, 0.2) is 47.4 Å². The third-order valence-corrected chi connectivity index (χ3v) is 7.44. The second-order valence-electron chi connectivity index (χ2n) is 10.2. The molecule has 1 aliphatic rings. The largest absolute Gasteiger partial charge is 0.444 e. The molecule has 1 heterocycles. The third kappa shape index (κ3) is 8.16. The molecule has 40 heavy (non-hydrogen) atoms. The lowest BCUT2D eigenvalue weighted by molar-refractivity contribution is -0.135. The van der Waals surface area contributed by atoms with Gasteiger partial charge in [0.05, 0.1) is 28.4 Å². The fourth-order valence-corrected chi connectivity index (χ4v) is 5.55. The maximum atomic E-state index is 15.0. The van der Waals surface area contributed by atoms with E-state index in [-0.39, 0.29) is 12.2 Å². The van der Waals surface area contributed by atoms with Gasteiger partial charge in [-0.1, -0.05) is 30.3 Å². The zero-order valence-electron chi connectivity index (χ0n) is 22.0. The number of anilines is 1. The molecule has 0 radical (unpaired) electrons. The van der Waals surface area contributed by atoms with Crippen molar-refractivity contribution in [3.63, 3.8) is 0 Å². The van der Waals surface area contributed by atoms with Gasteiger partial charge in [0.2, 0.25) is 0 Å². The van der Waals surface area contributed by atoms with Crippen LogP contribution in [0.3, 0.4) is 0 Å².